The van der Waals surface area contributed by atoms with Gasteiger partial charge in [0.1, 0.15) is 11.5 Å². The lowest BCUT2D eigenvalue weighted by Crippen LogP contribution is -2.29. The molecule has 2 nitrogen and oxygen atoms in total. The normalized spacial score (nSPS) is 14.6. The van der Waals surface area contributed by atoms with Crippen LogP contribution in [0, 0.1) is 13.8 Å². The van der Waals surface area contributed by atoms with Gasteiger partial charge in [-0.1, -0.05) is 60.2 Å². The maximum Gasteiger partial charge on any atom is 0.137 e. The smallest absolute Gasteiger partial charge is 0.137 e. The summed E-state index contributed by atoms with van der Waals surface area (Å²) in [5, 5.41) is 0. The summed E-state index contributed by atoms with van der Waals surface area (Å²) in [6.07, 6.45) is 0.995. The van der Waals surface area contributed by atoms with Crippen molar-refractivity contribution in [3.8, 4) is 11.3 Å². The highest BCUT2D eigenvalue weighted by atomic mass is 16.3. The third kappa shape index (κ3) is 2.90. The van der Waals surface area contributed by atoms with Gasteiger partial charge in [0, 0.05) is 42.7 Å². The lowest BCUT2D eigenvalue weighted by molar-refractivity contribution is 0.234. The Morgan fingerprint density at radius 1 is 0.958 bits per heavy atom. The minimum absolute atomic E-state index is 0.978. The molecular weight excluding hydrogens is 294 g/mol. The van der Waals surface area contributed by atoms with Crippen LogP contribution in [0.15, 0.2) is 59.0 Å². The fraction of sp³-hybridized carbons (Fsp3) is 0.273. The molecule has 0 unspecified atom stereocenters. The minimum Gasteiger partial charge on any atom is -0.460 e. The van der Waals surface area contributed by atoms with Crippen LogP contribution in [-0.4, -0.2) is 11.4 Å². The standard InChI is InChI=1S/C22H23NO/c1-16-8-10-19(11-9-16)22-17(2)20-15-23(13-12-21(20)24-22)14-18-6-4-3-5-7-18/h3-11H,12-15H2,1-2H3. The van der Waals surface area contributed by atoms with Crippen molar-refractivity contribution in [1.82, 2.24) is 4.90 Å². The van der Waals surface area contributed by atoms with Gasteiger partial charge >= 0.3 is 0 Å². The van der Waals surface area contributed by atoms with E-state index in [0.29, 0.717) is 0 Å². The summed E-state index contributed by atoms with van der Waals surface area (Å²) in [5.74, 6) is 2.22. The highest BCUT2D eigenvalue weighted by Gasteiger charge is 2.24. The summed E-state index contributed by atoms with van der Waals surface area (Å²) < 4.78 is 6.23. The molecule has 2 heteroatoms. The van der Waals surface area contributed by atoms with E-state index in [1.54, 1.807) is 0 Å². The number of aryl methyl sites for hydroxylation is 1. The van der Waals surface area contributed by atoms with Crippen LogP contribution in [0.4, 0.5) is 0 Å². The third-order valence-electron chi connectivity index (χ3n) is 4.95. The number of nitrogens with zero attached hydrogens (tertiary/aromatic N) is 1. The van der Waals surface area contributed by atoms with Gasteiger partial charge in [-0.3, -0.25) is 4.90 Å². The topological polar surface area (TPSA) is 16.4 Å². The zero-order valence-corrected chi connectivity index (χ0v) is 14.4. The summed E-state index contributed by atoms with van der Waals surface area (Å²) in [7, 11) is 0. The SMILES string of the molecule is Cc1ccc(-c2oc3c(c2C)CN(Cc2ccccc2)CC3)cc1. The molecule has 0 saturated carbocycles. The Bertz CT molecular complexity index is 830. The predicted octanol–water partition coefficient (Wildman–Crippen LogP) is 5.12. The van der Waals surface area contributed by atoms with E-state index in [9.17, 15) is 0 Å². The zero-order chi connectivity index (χ0) is 16.5. The Balaban J connectivity index is 1.59. The first-order valence-corrected chi connectivity index (χ1v) is 8.65. The van der Waals surface area contributed by atoms with Crippen molar-refractivity contribution in [2.24, 2.45) is 0 Å². The molecule has 2 aromatic carbocycles. The second-order valence-corrected chi connectivity index (χ2v) is 6.77. The summed E-state index contributed by atoms with van der Waals surface area (Å²) in [5.41, 5.74) is 6.52. The Hall–Kier alpha value is -2.32. The van der Waals surface area contributed by atoms with Crippen molar-refractivity contribution in [2.75, 3.05) is 6.54 Å². The molecule has 0 saturated heterocycles. The van der Waals surface area contributed by atoms with Crippen LogP contribution in [0.25, 0.3) is 11.3 Å². The van der Waals surface area contributed by atoms with Crippen LogP contribution < -0.4 is 0 Å². The molecule has 0 atom stereocenters. The summed E-state index contributed by atoms with van der Waals surface area (Å²) in [6.45, 7) is 7.35. The molecule has 2 heterocycles. The van der Waals surface area contributed by atoms with Crippen molar-refractivity contribution in [2.45, 2.75) is 33.4 Å². The third-order valence-corrected chi connectivity index (χ3v) is 4.95. The van der Waals surface area contributed by atoms with Crippen molar-refractivity contribution < 1.29 is 4.42 Å². The lowest BCUT2D eigenvalue weighted by atomic mass is 10.0. The molecule has 3 aromatic rings. The van der Waals surface area contributed by atoms with E-state index in [1.165, 1.54) is 33.6 Å². The predicted molar refractivity (Wildman–Crippen MR) is 97.9 cm³/mol. The number of hydrogen-bond donors (Lipinski definition) is 0. The minimum atomic E-state index is 0.978. The molecule has 1 aromatic heterocycles. The first-order valence-electron chi connectivity index (χ1n) is 8.65. The van der Waals surface area contributed by atoms with Gasteiger partial charge in [-0.05, 0) is 19.4 Å². The monoisotopic (exact) mass is 317 g/mol. The van der Waals surface area contributed by atoms with Crippen LogP contribution in [0.2, 0.25) is 0 Å². The molecule has 0 aliphatic carbocycles. The average Bonchev–Trinajstić information content (AvgIpc) is 2.93. The van der Waals surface area contributed by atoms with Gasteiger partial charge in [0.25, 0.3) is 0 Å². The molecule has 1 aliphatic heterocycles. The first-order chi connectivity index (χ1) is 11.7. The number of rotatable bonds is 3. The number of furan rings is 1. The van der Waals surface area contributed by atoms with Crippen LogP contribution in [0.1, 0.15) is 28.0 Å². The molecule has 4 rings (SSSR count). The summed E-state index contributed by atoms with van der Waals surface area (Å²) in [4.78, 5) is 2.51. The van der Waals surface area contributed by atoms with Crippen molar-refractivity contribution in [3.05, 3.63) is 82.6 Å². The average molecular weight is 317 g/mol. The maximum absolute atomic E-state index is 6.23. The van der Waals surface area contributed by atoms with Crippen LogP contribution in [0.5, 0.6) is 0 Å². The Kier molecular flexibility index (Phi) is 3.99. The summed E-state index contributed by atoms with van der Waals surface area (Å²) >= 11 is 0. The van der Waals surface area contributed by atoms with Gasteiger partial charge in [0.2, 0.25) is 0 Å². The number of benzene rings is 2. The van der Waals surface area contributed by atoms with E-state index in [4.69, 9.17) is 4.42 Å². The van der Waals surface area contributed by atoms with E-state index < -0.39 is 0 Å². The first kappa shape index (κ1) is 15.2. The quantitative estimate of drug-likeness (QED) is 0.666. The van der Waals surface area contributed by atoms with Crippen LogP contribution in [0.3, 0.4) is 0 Å². The molecule has 0 amide bonds. The molecular formula is C22H23NO. The van der Waals surface area contributed by atoms with Crippen LogP contribution >= 0.6 is 0 Å². The molecule has 24 heavy (non-hydrogen) atoms. The van der Waals surface area contributed by atoms with Crippen molar-refractivity contribution in [3.63, 3.8) is 0 Å². The molecule has 0 radical (unpaired) electrons. The van der Waals surface area contributed by atoms with Gasteiger partial charge in [-0.25, -0.2) is 0 Å². The Morgan fingerprint density at radius 2 is 1.71 bits per heavy atom. The molecule has 0 spiro atoms. The molecule has 1 aliphatic rings. The van der Waals surface area contributed by atoms with Crippen molar-refractivity contribution >= 4 is 0 Å². The molecule has 0 N–H and O–H groups in total. The van der Waals surface area contributed by atoms with Crippen LogP contribution in [-0.2, 0) is 19.5 Å². The van der Waals surface area contributed by atoms with E-state index in [2.05, 4.69) is 73.3 Å². The number of hydrogen-bond acceptors (Lipinski definition) is 2. The second-order valence-electron chi connectivity index (χ2n) is 6.77. The largest absolute Gasteiger partial charge is 0.460 e. The number of fused-ring (bicyclic) bond motifs is 1. The lowest BCUT2D eigenvalue weighted by Gasteiger charge is -2.26. The molecule has 0 bridgehead atoms. The van der Waals surface area contributed by atoms with E-state index in [0.717, 1.165) is 31.8 Å². The Labute approximate surface area is 143 Å². The van der Waals surface area contributed by atoms with Gasteiger partial charge in [-0.15, -0.1) is 0 Å². The second kappa shape index (κ2) is 6.29. The van der Waals surface area contributed by atoms with E-state index in [1.807, 2.05) is 0 Å². The van der Waals surface area contributed by atoms with Gasteiger partial charge in [-0.2, -0.15) is 0 Å². The highest BCUT2D eigenvalue weighted by Crippen LogP contribution is 2.34. The van der Waals surface area contributed by atoms with Gasteiger partial charge in [0.05, 0.1) is 0 Å². The molecule has 122 valence electrons. The van der Waals surface area contributed by atoms with E-state index in [-0.39, 0.29) is 0 Å². The van der Waals surface area contributed by atoms with Gasteiger partial charge < -0.3 is 4.42 Å². The maximum atomic E-state index is 6.23. The van der Waals surface area contributed by atoms with E-state index >= 15 is 0 Å². The highest BCUT2D eigenvalue weighted by molar-refractivity contribution is 5.64. The fourth-order valence-electron chi connectivity index (χ4n) is 3.54. The fourth-order valence-corrected chi connectivity index (χ4v) is 3.54. The Morgan fingerprint density at radius 3 is 2.46 bits per heavy atom. The summed E-state index contributed by atoms with van der Waals surface area (Å²) in [6, 6.07) is 19.3. The van der Waals surface area contributed by atoms with Crippen molar-refractivity contribution in [1.29, 1.82) is 0 Å². The molecule has 0 fully saturated rings. The van der Waals surface area contributed by atoms with Gasteiger partial charge in [0.15, 0.2) is 0 Å². The zero-order valence-electron chi connectivity index (χ0n) is 14.4.